The number of aromatic nitrogens is 2. The Morgan fingerprint density at radius 1 is 1.10 bits per heavy atom. The van der Waals surface area contributed by atoms with Crippen LogP contribution >= 0.6 is 0 Å². The van der Waals surface area contributed by atoms with Crippen molar-refractivity contribution in [2.24, 2.45) is 5.41 Å². The minimum Gasteiger partial charge on any atom is -0.484 e. The molecule has 0 unspecified atom stereocenters. The summed E-state index contributed by atoms with van der Waals surface area (Å²) in [5.74, 6) is -1.10. The van der Waals surface area contributed by atoms with Crippen molar-refractivity contribution in [2.45, 2.75) is 33.9 Å². The summed E-state index contributed by atoms with van der Waals surface area (Å²) in [6, 6.07) is 4.64. The number of hydrogen-bond donors (Lipinski definition) is 1. The lowest BCUT2D eigenvalue weighted by Gasteiger charge is -2.16. The van der Waals surface area contributed by atoms with Gasteiger partial charge in [0.05, 0.1) is 23.5 Å². The second-order valence-corrected chi connectivity index (χ2v) is 6.94. The van der Waals surface area contributed by atoms with Gasteiger partial charge in [0, 0.05) is 0 Å². The quantitative estimate of drug-likeness (QED) is 0.698. The Morgan fingerprint density at radius 3 is 2.31 bits per heavy atom. The van der Waals surface area contributed by atoms with E-state index in [1.165, 1.54) is 29.2 Å². The Kier molecular flexibility index (Phi) is 6.72. The molecule has 11 heteroatoms. The van der Waals surface area contributed by atoms with Crippen LogP contribution in [0.2, 0.25) is 0 Å². The molecule has 0 aliphatic carbocycles. The van der Waals surface area contributed by atoms with Crippen LogP contribution in [0.5, 0.6) is 11.5 Å². The number of carbonyl (C=O) groups excluding carboxylic acids is 2. The number of esters is 1. The van der Waals surface area contributed by atoms with E-state index in [0.29, 0.717) is 5.69 Å². The Morgan fingerprint density at radius 2 is 1.72 bits per heavy atom. The van der Waals surface area contributed by atoms with Gasteiger partial charge in [-0.15, -0.1) is 13.2 Å². The first-order chi connectivity index (χ1) is 13.4. The van der Waals surface area contributed by atoms with Crippen molar-refractivity contribution in [3.63, 3.8) is 0 Å². The van der Waals surface area contributed by atoms with Crippen molar-refractivity contribution in [1.29, 1.82) is 0 Å². The average Bonchev–Trinajstić information content (AvgIpc) is 3.04. The van der Waals surface area contributed by atoms with E-state index in [2.05, 4.69) is 15.2 Å². The molecule has 0 aliphatic rings. The first kappa shape index (κ1) is 22.1. The maximum Gasteiger partial charge on any atom is 0.573 e. The minimum atomic E-state index is -4.78. The molecule has 0 saturated carbocycles. The van der Waals surface area contributed by atoms with Gasteiger partial charge in [-0.3, -0.25) is 9.59 Å². The molecule has 2 rings (SSSR count). The number of rotatable bonds is 7. The Hall–Kier alpha value is -3.24. The summed E-state index contributed by atoms with van der Waals surface area (Å²) in [5.41, 5.74) is -0.280. The fourth-order valence-corrected chi connectivity index (χ4v) is 1.92. The smallest absolute Gasteiger partial charge is 0.484 e. The summed E-state index contributed by atoms with van der Waals surface area (Å²) in [7, 11) is 0. The van der Waals surface area contributed by atoms with E-state index in [1.54, 1.807) is 20.8 Å². The number of benzene rings is 1. The van der Waals surface area contributed by atoms with Crippen molar-refractivity contribution in [3.8, 4) is 11.5 Å². The zero-order valence-electron chi connectivity index (χ0n) is 15.9. The van der Waals surface area contributed by atoms with Gasteiger partial charge in [-0.25, -0.2) is 4.68 Å². The summed E-state index contributed by atoms with van der Waals surface area (Å²) >= 11 is 0. The average molecular weight is 415 g/mol. The molecular weight excluding hydrogens is 395 g/mol. The van der Waals surface area contributed by atoms with Crippen molar-refractivity contribution < 1.29 is 37.0 Å². The summed E-state index contributed by atoms with van der Waals surface area (Å²) < 4.78 is 51.7. The third kappa shape index (κ3) is 7.72. The van der Waals surface area contributed by atoms with Gasteiger partial charge in [0.2, 0.25) is 0 Å². The number of hydrogen-bond acceptors (Lipinski definition) is 6. The van der Waals surface area contributed by atoms with Gasteiger partial charge >= 0.3 is 12.3 Å². The number of carbonyl (C=O) groups is 2. The van der Waals surface area contributed by atoms with Crippen LogP contribution in [0.3, 0.4) is 0 Å². The standard InChI is InChI=1S/C18H20F3N3O5/c1-17(2,3)16(26)28-11-24-9-12(8-22-24)23-15(25)10-27-13-4-6-14(7-5-13)29-18(19,20)21/h4-9H,10-11H2,1-3H3,(H,23,25). The van der Waals surface area contributed by atoms with Gasteiger partial charge in [0.25, 0.3) is 5.91 Å². The van der Waals surface area contributed by atoms with Crippen molar-refractivity contribution in [2.75, 3.05) is 11.9 Å². The summed E-state index contributed by atoms with van der Waals surface area (Å²) in [6.45, 7) is 4.70. The van der Waals surface area contributed by atoms with E-state index in [9.17, 15) is 22.8 Å². The molecule has 29 heavy (non-hydrogen) atoms. The van der Waals surface area contributed by atoms with E-state index >= 15 is 0 Å². The van der Waals surface area contributed by atoms with Crippen LogP contribution < -0.4 is 14.8 Å². The Bertz CT molecular complexity index is 842. The number of nitrogens with zero attached hydrogens (tertiary/aromatic N) is 2. The monoisotopic (exact) mass is 415 g/mol. The fraction of sp³-hybridized carbons (Fsp3) is 0.389. The lowest BCUT2D eigenvalue weighted by Crippen LogP contribution is -2.24. The van der Waals surface area contributed by atoms with E-state index in [0.717, 1.165) is 12.1 Å². The number of anilines is 1. The van der Waals surface area contributed by atoms with Crippen molar-refractivity contribution in [3.05, 3.63) is 36.7 Å². The highest BCUT2D eigenvalue weighted by Gasteiger charge is 2.31. The van der Waals surface area contributed by atoms with Crippen molar-refractivity contribution in [1.82, 2.24) is 9.78 Å². The molecule has 0 radical (unpaired) electrons. The van der Waals surface area contributed by atoms with E-state index in [-0.39, 0.29) is 19.1 Å². The highest BCUT2D eigenvalue weighted by molar-refractivity contribution is 5.91. The van der Waals surface area contributed by atoms with Gasteiger partial charge in [0.1, 0.15) is 11.5 Å². The molecular formula is C18H20F3N3O5. The van der Waals surface area contributed by atoms with Crippen LogP contribution in [0.25, 0.3) is 0 Å². The van der Waals surface area contributed by atoms with Gasteiger partial charge < -0.3 is 19.5 Å². The van der Waals surface area contributed by atoms with E-state index < -0.39 is 29.4 Å². The van der Waals surface area contributed by atoms with Gasteiger partial charge in [0.15, 0.2) is 13.3 Å². The van der Waals surface area contributed by atoms with Crippen LogP contribution in [0.4, 0.5) is 18.9 Å². The van der Waals surface area contributed by atoms with Crippen LogP contribution in [0.1, 0.15) is 20.8 Å². The molecule has 0 fully saturated rings. The topological polar surface area (TPSA) is 91.7 Å². The Labute approximate surface area is 164 Å². The largest absolute Gasteiger partial charge is 0.573 e. The first-order valence-corrected chi connectivity index (χ1v) is 8.40. The summed E-state index contributed by atoms with van der Waals surface area (Å²) in [6.07, 6.45) is -1.94. The molecule has 1 N–H and O–H groups in total. The third-order valence-electron chi connectivity index (χ3n) is 3.28. The number of halogens is 3. The summed E-state index contributed by atoms with van der Waals surface area (Å²) in [4.78, 5) is 23.6. The van der Waals surface area contributed by atoms with Gasteiger partial charge in [-0.2, -0.15) is 5.10 Å². The Balaban J connectivity index is 1.78. The summed E-state index contributed by atoms with van der Waals surface area (Å²) in [5, 5.41) is 6.49. The zero-order valence-corrected chi connectivity index (χ0v) is 15.9. The van der Waals surface area contributed by atoms with Gasteiger partial charge in [-0.05, 0) is 45.0 Å². The number of alkyl halides is 3. The molecule has 1 amide bonds. The molecule has 0 bridgehead atoms. The third-order valence-corrected chi connectivity index (χ3v) is 3.28. The van der Waals surface area contributed by atoms with Crippen LogP contribution in [-0.2, 0) is 21.1 Å². The molecule has 1 aromatic heterocycles. The molecule has 0 atom stereocenters. The van der Waals surface area contributed by atoms with Crippen LogP contribution in [-0.4, -0.2) is 34.6 Å². The van der Waals surface area contributed by atoms with Crippen LogP contribution in [0.15, 0.2) is 36.7 Å². The highest BCUT2D eigenvalue weighted by atomic mass is 19.4. The SMILES string of the molecule is CC(C)(C)C(=O)OCn1cc(NC(=O)COc2ccc(OC(F)(F)F)cc2)cn1. The minimum absolute atomic E-state index is 0.102. The second kappa shape index (κ2) is 8.84. The molecule has 158 valence electrons. The zero-order chi connectivity index (χ0) is 21.7. The number of amides is 1. The number of ether oxygens (including phenoxy) is 3. The maximum absolute atomic E-state index is 12.1. The van der Waals surface area contributed by atoms with E-state index in [1.807, 2.05) is 0 Å². The maximum atomic E-state index is 12.1. The normalized spacial score (nSPS) is 11.7. The molecule has 0 saturated heterocycles. The predicted molar refractivity (Wildman–Crippen MR) is 95.0 cm³/mol. The second-order valence-electron chi connectivity index (χ2n) is 6.94. The lowest BCUT2D eigenvalue weighted by molar-refractivity contribution is -0.274. The van der Waals surface area contributed by atoms with Crippen LogP contribution in [0, 0.1) is 5.41 Å². The molecule has 1 aromatic carbocycles. The highest BCUT2D eigenvalue weighted by Crippen LogP contribution is 2.24. The lowest BCUT2D eigenvalue weighted by atomic mass is 9.98. The first-order valence-electron chi connectivity index (χ1n) is 8.40. The molecule has 2 aromatic rings. The fourth-order valence-electron chi connectivity index (χ4n) is 1.92. The molecule has 1 heterocycles. The molecule has 8 nitrogen and oxygen atoms in total. The predicted octanol–water partition coefficient (Wildman–Crippen LogP) is 3.35. The van der Waals surface area contributed by atoms with Crippen molar-refractivity contribution >= 4 is 17.6 Å². The van der Waals surface area contributed by atoms with E-state index in [4.69, 9.17) is 9.47 Å². The molecule has 0 aliphatic heterocycles. The van der Waals surface area contributed by atoms with Gasteiger partial charge in [-0.1, -0.05) is 0 Å². The molecule has 0 spiro atoms. The number of nitrogens with one attached hydrogen (secondary N) is 1.